The minimum atomic E-state index is -3.07. The molecular formula is C18H24BN2O7-. The van der Waals surface area contributed by atoms with Crippen molar-refractivity contribution < 1.29 is 34.1 Å². The number of fused-ring (bicyclic) bond motifs is 1. The highest BCUT2D eigenvalue weighted by molar-refractivity contribution is 6.59. The highest BCUT2D eigenvalue weighted by Gasteiger charge is 2.36. The van der Waals surface area contributed by atoms with Gasteiger partial charge in [0.05, 0.1) is 18.8 Å². The Bertz CT molecular complexity index is 788. The first kappa shape index (κ1) is 19.0. The van der Waals surface area contributed by atoms with Crippen LogP contribution in [-0.2, 0) is 11.2 Å². The molecule has 1 aromatic rings. The Hall–Kier alpha value is -2.30. The van der Waals surface area contributed by atoms with Crippen LogP contribution in [0.5, 0.6) is 11.5 Å². The van der Waals surface area contributed by atoms with E-state index in [0.29, 0.717) is 37.4 Å². The maximum atomic E-state index is 12.3. The van der Waals surface area contributed by atoms with Gasteiger partial charge >= 0.3 is 12.7 Å². The van der Waals surface area contributed by atoms with E-state index in [-0.39, 0.29) is 35.4 Å². The van der Waals surface area contributed by atoms with Gasteiger partial charge in [-0.1, -0.05) is 12.4 Å². The number of likely N-dealkylation sites (tertiary alicyclic amines) is 1. The quantitative estimate of drug-likeness (QED) is 0.510. The van der Waals surface area contributed by atoms with E-state index in [9.17, 15) is 24.7 Å². The van der Waals surface area contributed by atoms with Crippen LogP contribution < -0.4 is 14.7 Å². The molecule has 2 fully saturated rings. The molecule has 0 saturated carbocycles. The van der Waals surface area contributed by atoms with Crippen molar-refractivity contribution in [1.82, 2.24) is 10.2 Å². The number of aromatic carboxylic acids is 1. The van der Waals surface area contributed by atoms with Crippen molar-refractivity contribution in [2.24, 2.45) is 5.92 Å². The minimum Gasteiger partial charge on any atom is -0.669 e. The van der Waals surface area contributed by atoms with Crippen LogP contribution in [0.15, 0.2) is 12.1 Å². The Morgan fingerprint density at radius 2 is 2.11 bits per heavy atom. The average Bonchev–Trinajstić information content (AvgIpc) is 3.08. The molecule has 4 N–H and O–H groups in total. The molecule has 2 saturated heterocycles. The Morgan fingerprint density at radius 1 is 1.32 bits per heavy atom. The van der Waals surface area contributed by atoms with Crippen LogP contribution in [-0.4, -0.2) is 71.0 Å². The lowest BCUT2D eigenvalue weighted by atomic mass is 9.70. The molecule has 0 unspecified atom stereocenters. The third-order valence-electron chi connectivity index (χ3n) is 5.63. The molecule has 0 radical (unpaired) electrons. The van der Waals surface area contributed by atoms with Gasteiger partial charge in [0.2, 0.25) is 5.91 Å². The molecule has 0 aromatic heterocycles. The highest BCUT2D eigenvalue weighted by Crippen LogP contribution is 2.39. The third-order valence-corrected chi connectivity index (χ3v) is 5.63. The number of carbonyl (C=O) groups excluding carboxylic acids is 1. The van der Waals surface area contributed by atoms with Crippen LogP contribution in [0.25, 0.3) is 0 Å². The first-order chi connectivity index (χ1) is 13.3. The van der Waals surface area contributed by atoms with Crippen LogP contribution in [0.3, 0.4) is 0 Å². The van der Waals surface area contributed by atoms with Gasteiger partial charge in [0.1, 0.15) is 17.4 Å². The number of carbonyl (C=O) groups is 2. The van der Waals surface area contributed by atoms with E-state index in [1.54, 1.807) is 17.0 Å². The first-order valence-electron chi connectivity index (χ1n) is 9.66. The summed E-state index contributed by atoms with van der Waals surface area (Å²) in [4.78, 5) is 25.8. The van der Waals surface area contributed by atoms with Gasteiger partial charge in [0, 0.05) is 6.42 Å². The number of rotatable bonds is 5. The molecule has 28 heavy (non-hydrogen) atoms. The predicted octanol–water partition coefficient (Wildman–Crippen LogP) is -0.168. The third kappa shape index (κ3) is 3.80. The van der Waals surface area contributed by atoms with E-state index in [1.807, 2.05) is 0 Å². The Balaban J connectivity index is 1.42. The second-order valence-corrected chi connectivity index (χ2v) is 7.85. The van der Waals surface area contributed by atoms with E-state index in [0.717, 1.165) is 19.5 Å². The maximum Gasteiger partial charge on any atom is 0.430 e. The van der Waals surface area contributed by atoms with Crippen molar-refractivity contribution in [2.45, 2.75) is 31.7 Å². The van der Waals surface area contributed by atoms with Crippen LogP contribution in [0.2, 0.25) is 6.32 Å². The van der Waals surface area contributed by atoms with Gasteiger partial charge < -0.3 is 34.8 Å². The van der Waals surface area contributed by atoms with Gasteiger partial charge in [-0.15, -0.1) is 0 Å². The molecular weight excluding hydrogens is 367 g/mol. The molecule has 1 aromatic carbocycles. The standard InChI is InChI=1S/C18H24BN2O7/c22-15(7-11-4-6-20-8-11)21-9-13(10-21)27-14-2-1-12-3-5-19(25,26)28-17(12)16(14)18(23)24/h1-2,11,13,20,25-26H,3-10H2,(H,23,24)/q-1/t11-/m0/s1. The number of benzene rings is 1. The summed E-state index contributed by atoms with van der Waals surface area (Å²) in [6, 6.07) is 3.24. The molecule has 10 heteroatoms. The lowest BCUT2D eigenvalue weighted by Crippen LogP contribution is -2.56. The second kappa shape index (κ2) is 7.27. The lowest BCUT2D eigenvalue weighted by molar-refractivity contribution is -0.140. The van der Waals surface area contributed by atoms with Crippen molar-refractivity contribution in [3.05, 3.63) is 23.3 Å². The summed E-state index contributed by atoms with van der Waals surface area (Å²) in [7, 11) is 0. The average molecular weight is 391 g/mol. The van der Waals surface area contributed by atoms with E-state index >= 15 is 0 Å². The number of carboxylic acid groups (broad SMARTS) is 1. The smallest absolute Gasteiger partial charge is 0.430 e. The summed E-state index contributed by atoms with van der Waals surface area (Å²) < 4.78 is 11.0. The zero-order chi connectivity index (χ0) is 19.9. The summed E-state index contributed by atoms with van der Waals surface area (Å²) in [5.41, 5.74) is 0.384. The van der Waals surface area contributed by atoms with Crippen molar-refractivity contribution in [3.63, 3.8) is 0 Å². The SMILES string of the molecule is O=C(O)c1c(OC2CN(C(=O)C[C@@H]3CCNC3)C2)ccc2c1O[B-](O)(O)CC2. The van der Waals surface area contributed by atoms with Gasteiger partial charge in [-0.3, -0.25) is 4.79 Å². The monoisotopic (exact) mass is 391 g/mol. The first-order valence-corrected chi connectivity index (χ1v) is 9.66. The normalized spacial score (nSPS) is 23.5. The lowest BCUT2D eigenvalue weighted by Gasteiger charge is -2.40. The largest absolute Gasteiger partial charge is 0.669 e. The Morgan fingerprint density at radius 3 is 2.79 bits per heavy atom. The molecule has 3 aliphatic rings. The number of hydrogen-bond donors (Lipinski definition) is 4. The van der Waals surface area contributed by atoms with Gasteiger partial charge in [-0.2, -0.15) is 0 Å². The van der Waals surface area contributed by atoms with E-state index < -0.39 is 12.7 Å². The molecule has 3 heterocycles. The maximum absolute atomic E-state index is 12.3. The Kier molecular flexibility index (Phi) is 4.94. The number of hydrogen-bond acceptors (Lipinski definition) is 7. The summed E-state index contributed by atoms with van der Waals surface area (Å²) in [6.45, 7) is -0.438. The van der Waals surface area contributed by atoms with Gasteiger partial charge in [-0.25, -0.2) is 4.79 Å². The summed E-state index contributed by atoms with van der Waals surface area (Å²) in [6.07, 6.45) is 1.55. The van der Waals surface area contributed by atoms with Crippen LogP contribution >= 0.6 is 0 Å². The summed E-state index contributed by atoms with van der Waals surface area (Å²) in [5.74, 6) is -0.739. The number of amides is 1. The molecule has 1 amide bonds. The van der Waals surface area contributed by atoms with Crippen LogP contribution in [0.4, 0.5) is 0 Å². The Labute approximate surface area is 162 Å². The molecule has 4 rings (SSSR count). The molecule has 0 aliphatic carbocycles. The van der Waals surface area contributed by atoms with Crippen molar-refractivity contribution >= 4 is 18.6 Å². The summed E-state index contributed by atoms with van der Waals surface area (Å²) >= 11 is 0. The number of nitrogens with one attached hydrogen (secondary N) is 1. The van der Waals surface area contributed by atoms with Crippen LogP contribution in [0.1, 0.15) is 28.8 Å². The molecule has 0 bridgehead atoms. The molecule has 9 nitrogen and oxygen atoms in total. The van der Waals surface area contributed by atoms with Crippen LogP contribution in [0, 0.1) is 5.92 Å². The molecule has 152 valence electrons. The number of carboxylic acids is 1. The van der Waals surface area contributed by atoms with Crippen molar-refractivity contribution in [3.8, 4) is 11.5 Å². The molecule has 3 aliphatic heterocycles. The zero-order valence-electron chi connectivity index (χ0n) is 15.5. The van der Waals surface area contributed by atoms with E-state index in [2.05, 4.69) is 5.32 Å². The fraction of sp³-hybridized carbons (Fsp3) is 0.556. The fourth-order valence-corrected chi connectivity index (χ4v) is 3.99. The topological polar surface area (TPSA) is 129 Å². The van der Waals surface area contributed by atoms with Gasteiger partial charge in [0.25, 0.3) is 0 Å². The van der Waals surface area contributed by atoms with E-state index in [1.165, 1.54) is 0 Å². The minimum absolute atomic E-state index is 0.0163. The highest BCUT2D eigenvalue weighted by atomic mass is 16.6. The van der Waals surface area contributed by atoms with Crippen molar-refractivity contribution in [1.29, 1.82) is 0 Å². The zero-order valence-corrected chi connectivity index (χ0v) is 15.5. The van der Waals surface area contributed by atoms with E-state index in [4.69, 9.17) is 9.39 Å². The number of aryl methyl sites for hydroxylation is 1. The van der Waals surface area contributed by atoms with Gasteiger partial charge in [0.15, 0.2) is 0 Å². The molecule has 1 atom stereocenters. The number of ether oxygens (including phenoxy) is 1. The predicted molar refractivity (Wildman–Crippen MR) is 99.3 cm³/mol. The molecule has 0 spiro atoms. The fourth-order valence-electron chi connectivity index (χ4n) is 3.99. The number of nitrogens with zero attached hydrogens (tertiary/aromatic N) is 1. The second-order valence-electron chi connectivity index (χ2n) is 7.85. The van der Waals surface area contributed by atoms with Gasteiger partial charge in [-0.05, 0) is 43.5 Å². The summed E-state index contributed by atoms with van der Waals surface area (Å²) in [5, 5.41) is 32.4. The van der Waals surface area contributed by atoms with Crippen molar-refractivity contribution in [2.75, 3.05) is 26.2 Å².